The minimum absolute atomic E-state index is 0.0227. The molecule has 0 saturated heterocycles. The second kappa shape index (κ2) is 4.62. The van der Waals surface area contributed by atoms with Gasteiger partial charge in [0, 0.05) is 5.92 Å². The fourth-order valence-corrected chi connectivity index (χ4v) is 1.58. The van der Waals surface area contributed by atoms with Crippen LogP contribution >= 0.6 is 0 Å². The second-order valence-corrected chi connectivity index (χ2v) is 3.45. The lowest BCUT2D eigenvalue weighted by Gasteiger charge is -2.13. The van der Waals surface area contributed by atoms with Gasteiger partial charge in [0.1, 0.15) is 0 Å². The highest BCUT2D eigenvalue weighted by Gasteiger charge is 2.30. The summed E-state index contributed by atoms with van der Waals surface area (Å²) in [5.41, 5.74) is 5.06. The number of nitrogens with two attached hydrogens (primary N) is 1. The third-order valence-corrected chi connectivity index (χ3v) is 2.32. The van der Waals surface area contributed by atoms with Gasteiger partial charge in [-0.2, -0.15) is 0 Å². The average Bonchev–Trinajstić information content (AvgIpc) is 2.41. The monoisotopic (exact) mass is 183 g/mol. The summed E-state index contributed by atoms with van der Waals surface area (Å²) in [5, 5.41) is 9.44. The number of rotatable bonds is 3. The van der Waals surface area contributed by atoms with Crippen molar-refractivity contribution in [2.75, 3.05) is 13.2 Å². The number of esters is 1. The first-order chi connectivity index (χ1) is 6.13. The Kier molecular flexibility index (Phi) is 3.75. The highest BCUT2D eigenvalue weighted by molar-refractivity contribution is 6.11. The topological polar surface area (TPSA) is 72.5 Å². The van der Waals surface area contributed by atoms with Gasteiger partial charge in [0.15, 0.2) is 0 Å². The maximum absolute atomic E-state index is 10.7. The smallest absolute Gasteiger partial charge is 0.319 e. The van der Waals surface area contributed by atoms with Crippen molar-refractivity contribution in [1.82, 2.24) is 0 Å². The van der Waals surface area contributed by atoms with Gasteiger partial charge in [-0.1, -0.05) is 5.82 Å². The zero-order chi connectivity index (χ0) is 9.84. The van der Waals surface area contributed by atoms with Crippen LogP contribution in [0.15, 0.2) is 0 Å². The number of hydrogen-bond donors (Lipinski definition) is 2. The Morgan fingerprint density at radius 3 is 2.77 bits per heavy atom. The van der Waals surface area contributed by atoms with Gasteiger partial charge in [-0.25, -0.2) is 0 Å². The van der Waals surface area contributed by atoms with Crippen molar-refractivity contribution in [3.8, 4) is 0 Å². The lowest BCUT2D eigenvalue weighted by molar-refractivity contribution is -0.144. The van der Waals surface area contributed by atoms with E-state index in [-0.39, 0.29) is 24.9 Å². The molecule has 5 heteroatoms. The predicted octanol–water partition coefficient (Wildman–Crippen LogP) is -0.784. The largest absolute Gasteiger partial charge is 0.464 e. The molecule has 1 rings (SSSR count). The van der Waals surface area contributed by atoms with E-state index in [1.165, 1.54) is 0 Å². The minimum Gasteiger partial charge on any atom is -0.464 e. The lowest BCUT2D eigenvalue weighted by Crippen LogP contribution is -2.24. The summed E-state index contributed by atoms with van der Waals surface area (Å²) < 4.78 is 4.81. The molecule has 1 saturated carbocycles. The van der Waals surface area contributed by atoms with Crippen molar-refractivity contribution in [2.24, 2.45) is 11.7 Å². The van der Waals surface area contributed by atoms with Crippen LogP contribution in [0.3, 0.4) is 0 Å². The number of aliphatic hydroxyl groups excluding tert-OH is 1. The fraction of sp³-hybridized carbons (Fsp3) is 0.875. The Morgan fingerprint density at radius 1 is 1.62 bits per heavy atom. The van der Waals surface area contributed by atoms with Crippen molar-refractivity contribution in [3.63, 3.8) is 0 Å². The summed E-state index contributed by atoms with van der Waals surface area (Å²) in [7, 11) is 5.63. The molecular formula is C8H14BNO3. The minimum atomic E-state index is -0.444. The second-order valence-electron chi connectivity index (χ2n) is 3.45. The Morgan fingerprint density at radius 2 is 2.31 bits per heavy atom. The van der Waals surface area contributed by atoms with E-state index in [1.807, 2.05) is 0 Å². The molecule has 0 aromatic heterocycles. The molecule has 0 amide bonds. The molecule has 13 heavy (non-hydrogen) atoms. The highest BCUT2D eigenvalue weighted by Crippen LogP contribution is 2.33. The molecule has 0 heterocycles. The molecule has 4 nitrogen and oxygen atoms in total. The molecule has 0 aromatic rings. The van der Waals surface area contributed by atoms with Crippen LogP contribution in [0.1, 0.15) is 12.8 Å². The van der Waals surface area contributed by atoms with Gasteiger partial charge in [0.25, 0.3) is 0 Å². The number of ether oxygens (including phenoxy) is 1. The van der Waals surface area contributed by atoms with E-state index in [2.05, 4.69) is 0 Å². The molecule has 3 N–H and O–H groups in total. The van der Waals surface area contributed by atoms with E-state index in [0.29, 0.717) is 12.8 Å². The van der Waals surface area contributed by atoms with Crippen LogP contribution in [0.2, 0.25) is 5.82 Å². The number of hydrogen-bond acceptors (Lipinski definition) is 4. The summed E-state index contributed by atoms with van der Waals surface area (Å²) in [6.07, 6.45) is 0.852. The van der Waals surface area contributed by atoms with Gasteiger partial charge in [0.05, 0.1) is 27.1 Å². The molecule has 0 aliphatic heterocycles. The molecule has 0 spiro atoms. The first kappa shape index (κ1) is 10.5. The highest BCUT2D eigenvalue weighted by atomic mass is 16.5. The van der Waals surface area contributed by atoms with Crippen LogP contribution < -0.4 is 5.73 Å². The molecule has 3 atom stereocenters. The van der Waals surface area contributed by atoms with Crippen molar-refractivity contribution < 1.29 is 14.6 Å². The first-order valence-electron chi connectivity index (χ1n) is 4.42. The maximum atomic E-state index is 10.7. The van der Waals surface area contributed by atoms with Gasteiger partial charge in [0.2, 0.25) is 0 Å². The van der Waals surface area contributed by atoms with Crippen LogP contribution in [0.5, 0.6) is 0 Å². The Hall–Kier alpha value is -0.545. The van der Waals surface area contributed by atoms with Crippen molar-refractivity contribution in [3.05, 3.63) is 0 Å². The zero-order valence-electron chi connectivity index (χ0n) is 7.48. The van der Waals surface area contributed by atoms with Crippen LogP contribution in [0, 0.1) is 5.92 Å². The van der Waals surface area contributed by atoms with E-state index in [1.54, 1.807) is 0 Å². The Labute approximate surface area is 78.8 Å². The van der Waals surface area contributed by atoms with E-state index in [9.17, 15) is 9.90 Å². The average molecular weight is 183 g/mol. The van der Waals surface area contributed by atoms with Gasteiger partial charge in [-0.3, -0.25) is 4.79 Å². The quantitative estimate of drug-likeness (QED) is 0.444. The third kappa shape index (κ3) is 3.01. The molecule has 72 valence electrons. The number of aliphatic hydroxyl groups is 1. The SMILES string of the molecule is [B][C@H]1C[C@@H](COC(=O)CN)[C@@H](O)C1. The fourth-order valence-electron chi connectivity index (χ4n) is 1.58. The molecule has 0 aromatic carbocycles. The van der Waals surface area contributed by atoms with Crippen LogP contribution in [-0.4, -0.2) is 38.2 Å². The Balaban J connectivity index is 2.25. The van der Waals surface area contributed by atoms with Gasteiger partial charge < -0.3 is 15.6 Å². The third-order valence-electron chi connectivity index (χ3n) is 2.32. The van der Waals surface area contributed by atoms with Crippen LogP contribution in [0.25, 0.3) is 0 Å². The van der Waals surface area contributed by atoms with E-state index in [0.717, 1.165) is 0 Å². The summed E-state index contributed by atoms with van der Waals surface area (Å²) in [6.45, 7) is 0.111. The summed E-state index contributed by atoms with van der Waals surface area (Å²) in [6, 6.07) is 0. The van der Waals surface area contributed by atoms with Gasteiger partial charge >= 0.3 is 5.97 Å². The molecule has 2 radical (unpaired) electrons. The van der Waals surface area contributed by atoms with Crippen molar-refractivity contribution in [2.45, 2.75) is 24.8 Å². The first-order valence-corrected chi connectivity index (χ1v) is 4.42. The Bertz CT molecular complexity index is 188. The van der Waals surface area contributed by atoms with E-state index in [4.69, 9.17) is 18.3 Å². The number of carbonyl (C=O) groups excluding carboxylic acids is 1. The molecular weight excluding hydrogens is 169 g/mol. The normalized spacial score (nSPS) is 33.2. The molecule has 1 aliphatic rings. The van der Waals surface area contributed by atoms with E-state index < -0.39 is 12.1 Å². The van der Waals surface area contributed by atoms with E-state index >= 15 is 0 Å². The number of carbonyl (C=O) groups is 1. The van der Waals surface area contributed by atoms with Gasteiger partial charge in [-0.15, -0.1) is 0 Å². The summed E-state index contributed by atoms with van der Waals surface area (Å²) in [5.74, 6) is -0.435. The lowest BCUT2D eigenvalue weighted by atomic mass is 9.85. The predicted molar refractivity (Wildman–Crippen MR) is 48.2 cm³/mol. The summed E-state index contributed by atoms with van der Waals surface area (Å²) >= 11 is 0. The maximum Gasteiger partial charge on any atom is 0.319 e. The summed E-state index contributed by atoms with van der Waals surface area (Å²) in [4.78, 5) is 10.7. The van der Waals surface area contributed by atoms with Crippen LogP contribution in [-0.2, 0) is 9.53 Å². The van der Waals surface area contributed by atoms with Crippen molar-refractivity contribution >= 4 is 13.8 Å². The molecule has 1 aliphatic carbocycles. The standard InChI is InChI=1S/C8H14BNO3/c9-6-1-5(7(11)2-6)4-13-8(12)3-10/h5-7,11H,1-4,10H2/t5-,6-,7-/m0/s1. The zero-order valence-corrected chi connectivity index (χ0v) is 7.48. The van der Waals surface area contributed by atoms with Crippen molar-refractivity contribution in [1.29, 1.82) is 0 Å². The van der Waals surface area contributed by atoms with Crippen LogP contribution in [0.4, 0.5) is 0 Å². The molecule has 0 unspecified atom stereocenters. The van der Waals surface area contributed by atoms with Gasteiger partial charge in [-0.05, 0) is 12.8 Å². The molecule has 0 bridgehead atoms. The molecule has 1 fully saturated rings.